The van der Waals surface area contributed by atoms with Gasteiger partial charge in [-0.1, -0.05) is 24.3 Å². The second-order valence-corrected chi connectivity index (χ2v) is 4.68. The topological polar surface area (TPSA) is 37.3 Å². The predicted molar refractivity (Wildman–Crippen MR) is 57.7 cm³/mol. The van der Waals surface area contributed by atoms with Crippen LogP contribution in [-0.4, -0.2) is 22.9 Å². The first-order valence-corrected chi connectivity index (χ1v) is 5.76. The van der Waals surface area contributed by atoms with Crippen molar-refractivity contribution in [2.24, 2.45) is 0 Å². The second kappa shape index (κ2) is 3.75. The van der Waals surface area contributed by atoms with E-state index in [2.05, 4.69) is 0 Å². The highest BCUT2D eigenvalue weighted by Crippen LogP contribution is 2.36. The van der Waals surface area contributed by atoms with Gasteiger partial charge in [-0.3, -0.25) is 4.79 Å². The average Bonchev–Trinajstić information content (AvgIpc) is 2.67. The third-order valence-electron chi connectivity index (χ3n) is 2.58. The number of aldehydes is 1. The summed E-state index contributed by atoms with van der Waals surface area (Å²) in [7, 11) is 0. The third-order valence-corrected chi connectivity index (χ3v) is 3.76. The predicted octanol–water partition coefficient (Wildman–Crippen LogP) is 1.82. The zero-order chi connectivity index (χ0) is 10.0. The van der Waals surface area contributed by atoms with Crippen molar-refractivity contribution in [1.29, 1.82) is 0 Å². The Morgan fingerprint density at radius 3 is 2.57 bits per heavy atom. The molecule has 1 aromatic rings. The maximum Gasteiger partial charge on any atom is 0.150 e. The summed E-state index contributed by atoms with van der Waals surface area (Å²) in [6.07, 6.45) is 1.62. The molecule has 0 aliphatic carbocycles. The van der Waals surface area contributed by atoms with Gasteiger partial charge >= 0.3 is 0 Å². The van der Waals surface area contributed by atoms with Crippen LogP contribution in [0.15, 0.2) is 24.3 Å². The fraction of sp³-hybridized carbons (Fsp3) is 0.364. The Hall–Kier alpha value is -0.800. The monoisotopic (exact) mass is 208 g/mol. The summed E-state index contributed by atoms with van der Waals surface area (Å²) in [6, 6.07) is 7.19. The smallest absolute Gasteiger partial charge is 0.150 e. The summed E-state index contributed by atoms with van der Waals surface area (Å²) in [6.45, 7) is 0. The number of aliphatic hydroxyl groups is 1. The van der Waals surface area contributed by atoms with Gasteiger partial charge < -0.3 is 5.11 Å². The first-order valence-electron chi connectivity index (χ1n) is 4.60. The summed E-state index contributed by atoms with van der Waals surface area (Å²) in [5.41, 5.74) is 0.905. The Labute approximate surface area is 87.3 Å². The average molecular weight is 208 g/mol. The SMILES string of the molecule is O=Cc1ccc(C2(O)CCSC2)cc1. The van der Waals surface area contributed by atoms with Gasteiger partial charge in [0.25, 0.3) is 0 Å². The highest BCUT2D eigenvalue weighted by Gasteiger charge is 2.33. The van der Waals surface area contributed by atoms with Crippen LogP contribution in [0.2, 0.25) is 0 Å². The molecule has 1 atom stereocenters. The fourth-order valence-electron chi connectivity index (χ4n) is 1.65. The fourth-order valence-corrected chi connectivity index (χ4v) is 2.93. The molecule has 1 fully saturated rings. The molecule has 0 saturated carbocycles. The van der Waals surface area contributed by atoms with E-state index in [1.54, 1.807) is 23.9 Å². The number of rotatable bonds is 2. The quantitative estimate of drug-likeness (QED) is 0.753. The molecule has 1 heterocycles. The molecular weight excluding hydrogens is 196 g/mol. The Morgan fingerprint density at radius 1 is 1.36 bits per heavy atom. The molecular formula is C11H12O2S. The van der Waals surface area contributed by atoms with Crippen molar-refractivity contribution in [2.75, 3.05) is 11.5 Å². The van der Waals surface area contributed by atoms with Crippen molar-refractivity contribution in [1.82, 2.24) is 0 Å². The lowest BCUT2D eigenvalue weighted by Gasteiger charge is -2.21. The van der Waals surface area contributed by atoms with Crippen LogP contribution >= 0.6 is 11.8 Å². The maximum absolute atomic E-state index is 10.5. The molecule has 0 bridgehead atoms. The molecule has 1 aliphatic rings. The van der Waals surface area contributed by atoms with Crippen LogP contribution in [0.1, 0.15) is 22.3 Å². The number of carbonyl (C=O) groups is 1. The van der Waals surface area contributed by atoms with Crippen molar-refractivity contribution in [3.8, 4) is 0 Å². The molecule has 0 amide bonds. The Balaban J connectivity index is 2.27. The van der Waals surface area contributed by atoms with Crippen LogP contribution in [0.4, 0.5) is 0 Å². The molecule has 2 rings (SSSR count). The molecule has 3 heteroatoms. The highest BCUT2D eigenvalue weighted by atomic mass is 32.2. The van der Waals surface area contributed by atoms with E-state index in [4.69, 9.17) is 0 Å². The van der Waals surface area contributed by atoms with E-state index in [-0.39, 0.29) is 0 Å². The first-order chi connectivity index (χ1) is 6.74. The normalized spacial score (nSPS) is 26.4. The number of thioether (sulfide) groups is 1. The van der Waals surface area contributed by atoms with Crippen LogP contribution < -0.4 is 0 Å². The Kier molecular flexibility index (Phi) is 2.61. The van der Waals surface area contributed by atoms with Crippen LogP contribution in [0.25, 0.3) is 0 Å². The molecule has 1 aliphatic heterocycles. The molecule has 0 spiro atoms. The molecule has 1 N–H and O–H groups in total. The van der Waals surface area contributed by atoms with Crippen molar-refractivity contribution in [3.63, 3.8) is 0 Å². The first kappa shape index (κ1) is 9.74. The lowest BCUT2D eigenvalue weighted by molar-refractivity contribution is 0.0657. The molecule has 14 heavy (non-hydrogen) atoms. The minimum atomic E-state index is -0.675. The van der Waals surface area contributed by atoms with E-state index in [0.29, 0.717) is 5.56 Å². The Morgan fingerprint density at radius 2 is 2.07 bits per heavy atom. The minimum Gasteiger partial charge on any atom is -0.384 e. The zero-order valence-corrected chi connectivity index (χ0v) is 8.59. The molecule has 2 nitrogen and oxygen atoms in total. The standard InChI is InChI=1S/C11H12O2S/c12-7-9-1-3-10(4-2-9)11(13)5-6-14-8-11/h1-4,7,13H,5-6,8H2. The van der Waals surface area contributed by atoms with Crippen LogP contribution in [-0.2, 0) is 5.60 Å². The van der Waals surface area contributed by atoms with E-state index in [9.17, 15) is 9.90 Å². The van der Waals surface area contributed by atoms with Crippen molar-refractivity contribution in [3.05, 3.63) is 35.4 Å². The van der Waals surface area contributed by atoms with E-state index in [0.717, 1.165) is 29.8 Å². The highest BCUT2D eigenvalue weighted by molar-refractivity contribution is 7.99. The third kappa shape index (κ3) is 1.70. The van der Waals surface area contributed by atoms with Gasteiger partial charge in [-0.15, -0.1) is 0 Å². The van der Waals surface area contributed by atoms with E-state index >= 15 is 0 Å². The van der Waals surface area contributed by atoms with Crippen LogP contribution in [0.5, 0.6) is 0 Å². The van der Waals surface area contributed by atoms with Crippen LogP contribution in [0, 0.1) is 0 Å². The van der Waals surface area contributed by atoms with Gasteiger partial charge in [0.1, 0.15) is 6.29 Å². The molecule has 1 unspecified atom stereocenters. The molecule has 1 aromatic carbocycles. The van der Waals surface area contributed by atoms with Crippen molar-refractivity contribution < 1.29 is 9.90 Å². The van der Waals surface area contributed by atoms with Crippen LogP contribution in [0.3, 0.4) is 0 Å². The zero-order valence-electron chi connectivity index (χ0n) is 7.77. The molecule has 0 radical (unpaired) electrons. The summed E-state index contributed by atoms with van der Waals surface area (Å²) >= 11 is 1.77. The van der Waals surface area contributed by atoms with Crippen molar-refractivity contribution >= 4 is 18.0 Å². The summed E-state index contributed by atoms with van der Waals surface area (Å²) < 4.78 is 0. The maximum atomic E-state index is 10.5. The van der Waals surface area contributed by atoms with Gasteiger partial charge in [-0.05, 0) is 17.7 Å². The minimum absolute atomic E-state index is 0.656. The summed E-state index contributed by atoms with van der Waals surface area (Å²) in [5, 5.41) is 10.2. The van der Waals surface area contributed by atoms with E-state index in [1.807, 2.05) is 12.1 Å². The number of hydrogen-bond acceptors (Lipinski definition) is 3. The number of benzene rings is 1. The number of carbonyl (C=O) groups excluding carboxylic acids is 1. The summed E-state index contributed by atoms with van der Waals surface area (Å²) in [5.74, 6) is 1.76. The molecule has 74 valence electrons. The van der Waals surface area contributed by atoms with Gasteiger partial charge in [0.2, 0.25) is 0 Å². The van der Waals surface area contributed by atoms with Gasteiger partial charge in [0.05, 0.1) is 5.60 Å². The van der Waals surface area contributed by atoms with Gasteiger partial charge in [0.15, 0.2) is 0 Å². The lowest BCUT2D eigenvalue weighted by atomic mass is 9.93. The molecule has 1 saturated heterocycles. The van der Waals surface area contributed by atoms with Crippen molar-refractivity contribution in [2.45, 2.75) is 12.0 Å². The summed E-state index contributed by atoms with van der Waals surface area (Å²) in [4.78, 5) is 10.5. The lowest BCUT2D eigenvalue weighted by Crippen LogP contribution is -2.24. The second-order valence-electron chi connectivity index (χ2n) is 3.57. The van der Waals surface area contributed by atoms with E-state index in [1.165, 1.54) is 0 Å². The molecule has 0 aromatic heterocycles. The van der Waals surface area contributed by atoms with Gasteiger partial charge in [-0.25, -0.2) is 0 Å². The number of hydrogen-bond donors (Lipinski definition) is 1. The van der Waals surface area contributed by atoms with Gasteiger partial charge in [-0.2, -0.15) is 11.8 Å². The largest absolute Gasteiger partial charge is 0.384 e. The van der Waals surface area contributed by atoms with Gasteiger partial charge in [0, 0.05) is 11.3 Å². The Bertz CT molecular complexity index is 326. The van der Waals surface area contributed by atoms with E-state index < -0.39 is 5.60 Å².